The van der Waals surface area contributed by atoms with Crippen molar-refractivity contribution in [2.45, 2.75) is 13.0 Å². The Labute approximate surface area is 112 Å². The Morgan fingerprint density at radius 2 is 1.95 bits per heavy atom. The Morgan fingerprint density at radius 3 is 2.50 bits per heavy atom. The van der Waals surface area contributed by atoms with Gasteiger partial charge in [-0.25, -0.2) is 13.8 Å². The van der Waals surface area contributed by atoms with Crippen LogP contribution < -0.4 is 5.56 Å². The molecule has 0 bridgehead atoms. The molecule has 7 heteroatoms. The van der Waals surface area contributed by atoms with Crippen molar-refractivity contribution in [1.29, 1.82) is 0 Å². The van der Waals surface area contributed by atoms with Gasteiger partial charge in [0.15, 0.2) is 0 Å². The lowest BCUT2D eigenvalue weighted by atomic mass is 10.2. The molecule has 0 aliphatic carbocycles. The minimum absolute atomic E-state index is 0.0629. The van der Waals surface area contributed by atoms with E-state index < -0.39 is 35.6 Å². The molecule has 1 aromatic carbocycles. The van der Waals surface area contributed by atoms with Crippen molar-refractivity contribution in [2.75, 3.05) is 6.61 Å². The van der Waals surface area contributed by atoms with E-state index >= 15 is 0 Å². The lowest BCUT2D eigenvalue weighted by Crippen LogP contribution is -2.29. The summed E-state index contributed by atoms with van der Waals surface area (Å²) in [6.45, 7) is 0.710. The van der Waals surface area contributed by atoms with Crippen LogP contribution in [0, 0.1) is 18.6 Å². The maximum atomic E-state index is 13.8. The molecule has 2 N–H and O–H groups in total. The van der Waals surface area contributed by atoms with Crippen LogP contribution in [0.3, 0.4) is 0 Å². The maximum absolute atomic E-state index is 13.8. The smallest absolute Gasteiger partial charge is 0.264 e. The van der Waals surface area contributed by atoms with Crippen LogP contribution in [0.4, 0.5) is 8.78 Å². The third kappa shape index (κ3) is 2.33. The van der Waals surface area contributed by atoms with Gasteiger partial charge in [-0.3, -0.25) is 9.36 Å². The molecule has 1 heterocycles. The summed E-state index contributed by atoms with van der Waals surface area (Å²) in [6, 6.07) is 3.20. The van der Waals surface area contributed by atoms with Crippen LogP contribution >= 0.6 is 0 Å². The largest absolute Gasteiger partial charge is 0.393 e. The molecule has 20 heavy (non-hydrogen) atoms. The first kappa shape index (κ1) is 14.3. The number of halogens is 2. The van der Waals surface area contributed by atoms with Gasteiger partial charge in [-0.15, -0.1) is 0 Å². The van der Waals surface area contributed by atoms with Gasteiger partial charge < -0.3 is 10.2 Å². The summed E-state index contributed by atoms with van der Waals surface area (Å²) in [6.07, 6.45) is -0.384. The topological polar surface area (TPSA) is 75.4 Å². The zero-order valence-electron chi connectivity index (χ0n) is 10.5. The molecule has 2 aromatic rings. The van der Waals surface area contributed by atoms with Crippen molar-refractivity contribution >= 4 is 0 Å². The third-order valence-electron chi connectivity index (χ3n) is 2.86. The van der Waals surface area contributed by atoms with E-state index in [4.69, 9.17) is 5.11 Å². The van der Waals surface area contributed by atoms with E-state index in [-0.39, 0.29) is 11.4 Å². The van der Waals surface area contributed by atoms with Crippen molar-refractivity contribution in [2.24, 2.45) is 0 Å². The summed E-state index contributed by atoms with van der Waals surface area (Å²) in [4.78, 5) is 16.0. The lowest BCUT2D eigenvalue weighted by molar-refractivity contribution is 0.0939. The minimum atomic E-state index is -1.46. The Hall–Kier alpha value is -2.12. The zero-order valence-corrected chi connectivity index (χ0v) is 10.5. The van der Waals surface area contributed by atoms with Crippen LogP contribution in [0.2, 0.25) is 0 Å². The molecular formula is C13H12F2N2O3. The molecule has 0 amide bonds. The van der Waals surface area contributed by atoms with E-state index in [2.05, 4.69) is 4.98 Å². The molecule has 1 atom stereocenters. The molecule has 0 radical (unpaired) electrons. The fraction of sp³-hybridized carbons (Fsp3) is 0.231. The molecule has 0 saturated heterocycles. The molecule has 5 nitrogen and oxygen atoms in total. The average Bonchev–Trinajstić information content (AvgIpc) is 2.41. The summed E-state index contributed by atoms with van der Waals surface area (Å²) in [7, 11) is 0. The quantitative estimate of drug-likeness (QED) is 0.875. The average molecular weight is 282 g/mol. The van der Waals surface area contributed by atoms with Gasteiger partial charge in [0, 0.05) is 6.20 Å². The summed E-state index contributed by atoms with van der Waals surface area (Å²) in [5, 5.41) is 18.4. The normalized spacial score (nSPS) is 12.4. The molecule has 0 aliphatic heterocycles. The number of nitrogens with zero attached hydrogens (tertiary/aromatic N) is 2. The number of hydrogen-bond donors (Lipinski definition) is 2. The highest BCUT2D eigenvalue weighted by molar-refractivity contribution is 5.37. The highest BCUT2D eigenvalue weighted by Gasteiger charge is 2.19. The monoisotopic (exact) mass is 282 g/mol. The van der Waals surface area contributed by atoms with Crippen molar-refractivity contribution < 1.29 is 19.0 Å². The van der Waals surface area contributed by atoms with Crippen molar-refractivity contribution in [3.8, 4) is 5.69 Å². The van der Waals surface area contributed by atoms with Crippen LogP contribution in [-0.4, -0.2) is 26.4 Å². The van der Waals surface area contributed by atoms with Crippen LogP contribution in [0.25, 0.3) is 5.69 Å². The van der Waals surface area contributed by atoms with Gasteiger partial charge in [0.05, 0.1) is 12.2 Å². The molecule has 0 saturated carbocycles. The highest BCUT2D eigenvalue weighted by Crippen LogP contribution is 2.18. The van der Waals surface area contributed by atoms with Crippen molar-refractivity contribution in [3.63, 3.8) is 0 Å². The first-order chi connectivity index (χ1) is 9.47. The Balaban J connectivity index is 2.78. The van der Waals surface area contributed by atoms with E-state index in [1.54, 1.807) is 0 Å². The van der Waals surface area contributed by atoms with E-state index in [0.717, 1.165) is 22.9 Å². The number of aromatic nitrogens is 2. The number of hydrogen-bond acceptors (Lipinski definition) is 4. The minimum Gasteiger partial charge on any atom is -0.393 e. The number of rotatable bonds is 3. The zero-order chi connectivity index (χ0) is 14.9. The lowest BCUT2D eigenvalue weighted by Gasteiger charge is -2.14. The van der Waals surface area contributed by atoms with Gasteiger partial charge in [-0.1, -0.05) is 6.07 Å². The van der Waals surface area contributed by atoms with Gasteiger partial charge in [0.25, 0.3) is 5.56 Å². The molecule has 2 rings (SSSR count). The first-order valence-corrected chi connectivity index (χ1v) is 5.79. The molecular weight excluding hydrogens is 270 g/mol. The molecule has 106 valence electrons. The number of benzene rings is 1. The highest BCUT2D eigenvalue weighted by atomic mass is 19.1. The molecule has 1 unspecified atom stereocenters. The van der Waals surface area contributed by atoms with Crippen LogP contribution in [0.5, 0.6) is 0 Å². The summed E-state index contributed by atoms with van der Waals surface area (Å²) >= 11 is 0. The van der Waals surface area contributed by atoms with Crippen molar-refractivity contribution in [1.82, 2.24) is 9.55 Å². The standard InChI is InChI=1S/C13H12F2N2O3/c1-7-16-5-8(11(19)6-18)13(20)17(7)12-9(14)3-2-4-10(12)15/h2-5,11,18-19H,6H2,1H3. The van der Waals surface area contributed by atoms with Crippen LogP contribution in [0.15, 0.2) is 29.2 Å². The maximum Gasteiger partial charge on any atom is 0.264 e. The third-order valence-corrected chi connectivity index (χ3v) is 2.86. The number of aliphatic hydroxyl groups is 2. The van der Waals surface area contributed by atoms with Crippen LogP contribution in [0.1, 0.15) is 17.5 Å². The second-order valence-electron chi connectivity index (χ2n) is 4.17. The van der Waals surface area contributed by atoms with Gasteiger partial charge in [0.1, 0.15) is 29.3 Å². The van der Waals surface area contributed by atoms with E-state index in [1.165, 1.54) is 13.0 Å². The second kappa shape index (κ2) is 5.48. The Morgan fingerprint density at radius 1 is 1.35 bits per heavy atom. The number of aryl methyl sites for hydroxylation is 1. The number of para-hydroxylation sites is 1. The van der Waals surface area contributed by atoms with Gasteiger partial charge in [-0.05, 0) is 19.1 Å². The second-order valence-corrected chi connectivity index (χ2v) is 4.17. The molecule has 0 aliphatic rings. The van der Waals surface area contributed by atoms with Crippen molar-refractivity contribution in [3.05, 3.63) is 57.8 Å². The fourth-order valence-electron chi connectivity index (χ4n) is 1.84. The predicted molar refractivity (Wildman–Crippen MR) is 66.5 cm³/mol. The van der Waals surface area contributed by atoms with E-state index in [1.807, 2.05) is 0 Å². The fourth-order valence-corrected chi connectivity index (χ4v) is 1.84. The van der Waals surface area contributed by atoms with Gasteiger partial charge >= 0.3 is 0 Å². The SMILES string of the molecule is Cc1ncc(C(O)CO)c(=O)n1-c1c(F)cccc1F. The Kier molecular flexibility index (Phi) is 3.91. The van der Waals surface area contributed by atoms with E-state index in [9.17, 15) is 18.7 Å². The van der Waals surface area contributed by atoms with Gasteiger partial charge in [-0.2, -0.15) is 0 Å². The Bertz CT molecular complexity index is 680. The molecule has 1 aromatic heterocycles. The number of aliphatic hydroxyl groups excluding tert-OH is 2. The first-order valence-electron chi connectivity index (χ1n) is 5.79. The van der Waals surface area contributed by atoms with E-state index in [0.29, 0.717) is 0 Å². The summed E-state index contributed by atoms with van der Waals surface area (Å²) < 4.78 is 28.3. The van der Waals surface area contributed by atoms with Gasteiger partial charge in [0.2, 0.25) is 0 Å². The molecule has 0 spiro atoms. The summed E-state index contributed by atoms with van der Waals surface area (Å²) in [5.74, 6) is -1.78. The predicted octanol–water partition coefficient (Wildman–Crippen LogP) is 0.845. The van der Waals surface area contributed by atoms with Crippen LogP contribution in [-0.2, 0) is 0 Å². The molecule has 0 fully saturated rings. The summed E-state index contributed by atoms with van der Waals surface area (Å²) in [5.41, 5.74) is -1.63.